The largest absolute Gasteiger partial charge is 0.463 e. The highest BCUT2D eigenvalue weighted by Gasteiger charge is 2.42. The van der Waals surface area contributed by atoms with Gasteiger partial charge in [0.2, 0.25) is 0 Å². The highest BCUT2D eigenvalue weighted by molar-refractivity contribution is 7.98. The molecule has 0 aromatic carbocycles. The molecule has 0 bridgehead atoms. The van der Waals surface area contributed by atoms with Gasteiger partial charge in [0.25, 0.3) is 0 Å². The van der Waals surface area contributed by atoms with E-state index in [0.717, 1.165) is 12.8 Å². The number of nitrogens with one attached hydrogen (secondary N) is 1. The molecule has 1 fully saturated rings. The molecule has 2 rings (SSSR count). The van der Waals surface area contributed by atoms with Crippen LogP contribution in [0.5, 0.6) is 0 Å². The lowest BCUT2D eigenvalue weighted by Crippen LogP contribution is -2.37. The molecular formula is C14H22N2O4S. The summed E-state index contributed by atoms with van der Waals surface area (Å²) < 4.78 is 19.6. The summed E-state index contributed by atoms with van der Waals surface area (Å²) in [4.78, 5) is 12.2. The fourth-order valence-corrected chi connectivity index (χ4v) is 3.35. The van der Waals surface area contributed by atoms with Crippen molar-refractivity contribution in [3.63, 3.8) is 0 Å². The van der Waals surface area contributed by atoms with E-state index in [1.807, 2.05) is 0 Å². The van der Waals surface area contributed by atoms with Gasteiger partial charge in [0.1, 0.15) is 0 Å². The topological polar surface area (TPSA) is 82.8 Å². The quantitative estimate of drug-likeness (QED) is 0.561. The number of hydrogen-bond acceptors (Lipinski definition) is 7. The summed E-state index contributed by atoms with van der Waals surface area (Å²) in [6.45, 7) is 7.37. The first kappa shape index (κ1) is 16.4. The zero-order chi connectivity index (χ0) is 15.3. The molecule has 1 spiro atoms. The molecule has 0 radical (unpaired) electrons. The van der Waals surface area contributed by atoms with Crippen molar-refractivity contribution in [1.82, 2.24) is 4.72 Å². The van der Waals surface area contributed by atoms with Gasteiger partial charge in [-0.05, 0) is 19.4 Å². The van der Waals surface area contributed by atoms with Crippen LogP contribution in [0.25, 0.3) is 0 Å². The standard InChI is InChI=1S/C14H22N2O4S/c1-3-18-13(17)11-8-14(19-6-7-20-14)5-4-12(11)21-16-9-10(2)15/h8,12,16H,2-7,9,15H2,1H3. The number of carbonyl (C=O) groups is 1. The molecule has 6 nitrogen and oxygen atoms in total. The van der Waals surface area contributed by atoms with E-state index in [2.05, 4.69) is 11.3 Å². The smallest absolute Gasteiger partial charge is 0.335 e. The van der Waals surface area contributed by atoms with Crippen LogP contribution < -0.4 is 10.5 Å². The van der Waals surface area contributed by atoms with E-state index >= 15 is 0 Å². The predicted octanol–water partition coefficient (Wildman–Crippen LogP) is 1.09. The predicted molar refractivity (Wildman–Crippen MR) is 81.3 cm³/mol. The number of rotatable bonds is 6. The molecule has 1 atom stereocenters. The van der Waals surface area contributed by atoms with Crippen LogP contribution >= 0.6 is 11.9 Å². The van der Waals surface area contributed by atoms with Crippen LogP contribution in [-0.4, -0.2) is 43.4 Å². The molecule has 21 heavy (non-hydrogen) atoms. The summed E-state index contributed by atoms with van der Waals surface area (Å²) in [5.41, 5.74) is 6.67. The Hall–Kier alpha value is -1.02. The zero-order valence-electron chi connectivity index (χ0n) is 12.2. The second-order valence-corrected chi connectivity index (χ2v) is 6.05. The van der Waals surface area contributed by atoms with Crippen molar-refractivity contribution in [2.24, 2.45) is 5.73 Å². The van der Waals surface area contributed by atoms with Crippen LogP contribution in [0.3, 0.4) is 0 Å². The Bertz CT molecular complexity index is 433. The molecule has 0 saturated carbocycles. The summed E-state index contributed by atoms with van der Waals surface area (Å²) in [7, 11) is 0. The monoisotopic (exact) mass is 314 g/mol. The van der Waals surface area contributed by atoms with Crippen molar-refractivity contribution in [2.45, 2.75) is 30.8 Å². The molecule has 3 N–H and O–H groups in total. The Morgan fingerprint density at radius 2 is 2.33 bits per heavy atom. The lowest BCUT2D eigenvalue weighted by Gasteiger charge is -2.33. The van der Waals surface area contributed by atoms with Crippen LogP contribution in [0.1, 0.15) is 19.8 Å². The van der Waals surface area contributed by atoms with Crippen LogP contribution in [0.15, 0.2) is 23.9 Å². The van der Waals surface area contributed by atoms with Crippen molar-refractivity contribution in [1.29, 1.82) is 0 Å². The van der Waals surface area contributed by atoms with Crippen molar-refractivity contribution in [3.05, 3.63) is 23.9 Å². The maximum atomic E-state index is 12.2. The van der Waals surface area contributed by atoms with E-state index in [1.54, 1.807) is 13.0 Å². The van der Waals surface area contributed by atoms with Crippen LogP contribution in [0, 0.1) is 0 Å². The molecule has 0 aromatic heterocycles. The van der Waals surface area contributed by atoms with Gasteiger partial charge in [0.15, 0.2) is 5.79 Å². The van der Waals surface area contributed by atoms with Gasteiger partial charge in [-0.15, -0.1) is 0 Å². The van der Waals surface area contributed by atoms with Gasteiger partial charge >= 0.3 is 5.97 Å². The lowest BCUT2D eigenvalue weighted by molar-refractivity contribution is -0.142. The average Bonchev–Trinajstić information content (AvgIpc) is 2.89. The SMILES string of the molecule is C=C(N)CNSC1CCC2(C=C1C(=O)OCC)OCCO2. The lowest BCUT2D eigenvalue weighted by atomic mass is 9.94. The normalized spacial score (nSPS) is 23.9. The Morgan fingerprint density at radius 3 is 2.95 bits per heavy atom. The third-order valence-electron chi connectivity index (χ3n) is 3.29. The van der Waals surface area contributed by atoms with Crippen LogP contribution in [0.2, 0.25) is 0 Å². The fraction of sp³-hybridized carbons (Fsp3) is 0.643. The molecule has 0 amide bonds. The molecule has 7 heteroatoms. The fourth-order valence-electron chi connectivity index (χ4n) is 2.35. The Labute approximate surface area is 129 Å². The highest BCUT2D eigenvalue weighted by atomic mass is 32.2. The summed E-state index contributed by atoms with van der Waals surface area (Å²) in [6.07, 6.45) is 3.26. The number of nitrogens with two attached hydrogens (primary N) is 1. The van der Waals surface area contributed by atoms with E-state index in [9.17, 15) is 4.79 Å². The molecule has 2 aliphatic rings. The molecule has 0 aromatic rings. The molecule has 1 aliphatic carbocycles. The summed E-state index contributed by atoms with van der Waals surface area (Å²) in [5, 5.41) is -0.0122. The maximum Gasteiger partial charge on any atom is 0.335 e. The van der Waals surface area contributed by atoms with E-state index in [1.165, 1.54) is 11.9 Å². The minimum atomic E-state index is -0.753. The van der Waals surface area contributed by atoms with Gasteiger partial charge in [0.05, 0.1) is 30.6 Å². The van der Waals surface area contributed by atoms with Crippen molar-refractivity contribution in [2.75, 3.05) is 26.4 Å². The molecule has 1 heterocycles. The molecule has 1 unspecified atom stereocenters. The molecule has 118 valence electrons. The number of hydrogen-bond donors (Lipinski definition) is 2. The zero-order valence-corrected chi connectivity index (χ0v) is 13.0. The minimum absolute atomic E-state index is 0.0122. The summed E-state index contributed by atoms with van der Waals surface area (Å²) in [5.74, 6) is -1.07. The minimum Gasteiger partial charge on any atom is -0.463 e. The first-order valence-electron chi connectivity index (χ1n) is 7.06. The Balaban J connectivity index is 2.08. The second-order valence-electron chi connectivity index (χ2n) is 4.95. The molecular weight excluding hydrogens is 292 g/mol. The van der Waals surface area contributed by atoms with E-state index < -0.39 is 5.79 Å². The van der Waals surface area contributed by atoms with Crippen molar-refractivity contribution in [3.8, 4) is 0 Å². The number of esters is 1. The third-order valence-corrected chi connectivity index (χ3v) is 4.37. The van der Waals surface area contributed by atoms with Crippen molar-refractivity contribution >= 4 is 17.9 Å². The number of ether oxygens (including phenoxy) is 3. The van der Waals surface area contributed by atoms with Gasteiger partial charge < -0.3 is 19.9 Å². The van der Waals surface area contributed by atoms with Crippen molar-refractivity contribution < 1.29 is 19.0 Å². The van der Waals surface area contributed by atoms with Gasteiger partial charge in [-0.3, -0.25) is 4.72 Å². The third kappa shape index (κ3) is 4.23. The van der Waals surface area contributed by atoms with Gasteiger partial charge in [-0.25, -0.2) is 4.79 Å². The second kappa shape index (κ2) is 7.31. The van der Waals surface area contributed by atoms with Gasteiger partial charge in [-0.2, -0.15) is 0 Å². The first-order chi connectivity index (χ1) is 10.1. The maximum absolute atomic E-state index is 12.2. The average molecular weight is 314 g/mol. The first-order valence-corrected chi connectivity index (χ1v) is 7.94. The van der Waals surface area contributed by atoms with Gasteiger partial charge in [0, 0.05) is 18.7 Å². The van der Waals surface area contributed by atoms with E-state index in [-0.39, 0.29) is 11.2 Å². The number of carbonyl (C=O) groups excluding carboxylic acids is 1. The van der Waals surface area contributed by atoms with Crippen LogP contribution in [-0.2, 0) is 19.0 Å². The molecule has 1 saturated heterocycles. The van der Waals surface area contributed by atoms with E-state index in [4.69, 9.17) is 19.9 Å². The Kier molecular flexibility index (Phi) is 5.69. The summed E-state index contributed by atoms with van der Waals surface area (Å²) >= 11 is 1.46. The summed E-state index contributed by atoms with van der Waals surface area (Å²) in [6, 6.07) is 0. The highest BCUT2D eigenvalue weighted by Crippen LogP contribution is 2.38. The van der Waals surface area contributed by atoms with E-state index in [0.29, 0.717) is 37.6 Å². The van der Waals surface area contributed by atoms with Gasteiger partial charge in [-0.1, -0.05) is 18.5 Å². The Morgan fingerprint density at radius 1 is 1.62 bits per heavy atom. The van der Waals surface area contributed by atoms with Crippen LogP contribution in [0.4, 0.5) is 0 Å². The molecule has 1 aliphatic heterocycles.